The van der Waals surface area contributed by atoms with Gasteiger partial charge in [-0.05, 0) is 60.9 Å². The molecule has 5 nitrogen and oxygen atoms in total. The monoisotopic (exact) mass is 369 g/mol. The van der Waals surface area contributed by atoms with Gasteiger partial charge in [0.05, 0.1) is 5.69 Å². The van der Waals surface area contributed by atoms with E-state index in [1.807, 2.05) is 30.5 Å². The summed E-state index contributed by atoms with van der Waals surface area (Å²) in [6.45, 7) is 4.93. The van der Waals surface area contributed by atoms with Gasteiger partial charge in [0, 0.05) is 54.2 Å². The number of rotatable bonds is 3. The summed E-state index contributed by atoms with van der Waals surface area (Å²) in [5, 5.41) is 1.32. The van der Waals surface area contributed by atoms with Crippen molar-refractivity contribution >= 4 is 16.6 Å². The third kappa shape index (κ3) is 3.14. The van der Waals surface area contributed by atoms with Gasteiger partial charge in [-0.3, -0.25) is 4.90 Å². The molecule has 0 saturated carbocycles. The zero-order valence-electron chi connectivity index (χ0n) is 15.9. The average molecular weight is 369 g/mol. The Morgan fingerprint density at radius 2 is 2.00 bits per heavy atom. The quantitative estimate of drug-likeness (QED) is 0.534. The Morgan fingerprint density at radius 3 is 2.86 bits per heavy atom. The van der Waals surface area contributed by atoms with Gasteiger partial charge in [0.1, 0.15) is 0 Å². The lowest BCUT2D eigenvalue weighted by Crippen LogP contribution is -2.31. The van der Waals surface area contributed by atoms with Crippen LogP contribution < -0.4 is 5.73 Å². The molecule has 28 heavy (non-hydrogen) atoms. The third-order valence-corrected chi connectivity index (χ3v) is 5.51. The van der Waals surface area contributed by atoms with Crippen LogP contribution in [0.5, 0.6) is 0 Å². The summed E-state index contributed by atoms with van der Waals surface area (Å²) < 4.78 is 0. The molecule has 0 unspecified atom stereocenters. The van der Waals surface area contributed by atoms with E-state index < -0.39 is 0 Å². The van der Waals surface area contributed by atoms with Crippen LogP contribution in [0, 0.1) is 6.92 Å². The van der Waals surface area contributed by atoms with Gasteiger partial charge >= 0.3 is 0 Å². The van der Waals surface area contributed by atoms with Crippen LogP contribution in [0.1, 0.15) is 22.4 Å². The Morgan fingerprint density at radius 1 is 1.14 bits per heavy atom. The predicted octanol–water partition coefficient (Wildman–Crippen LogP) is 4.07. The number of nitrogens with two attached hydrogens (primary N) is 1. The highest BCUT2D eigenvalue weighted by molar-refractivity contribution is 5.83. The fraction of sp³-hybridized carbons (Fsp3) is 0.217. The molecule has 3 N–H and O–H groups in total. The molecule has 0 atom stereocenters. The van der Waals surface area contributed by atoms with E-state index in [9.17, 15) is 0 Å². The smallest absolute Gasteiger partial charge is 0.159 e. The van der Waals surface area contributed by atoms with Crippen molar-refractivity contribution in [2.45, 2.75) is 26.4 Å². The van der Waals surface area contributed by atoms with Gasteiger partial charge in [-0.25, -0.2) is 9.97 Å². The Bertz CT molecular complexity index is 1140. The van der Waals surface area contributed by atoms with Crippen molar-refractivity contribution in [1.82, 2.24) is 19.9 Å². The summed E-state index contributed by atoms with van der Waals surface area (Å²) in [7, 11) is 0. The van der Waals surface area contributed by atoms with E-state index in [2.05, 4.69) is 46.2 Å². The number of hydrogen-bond acceptors (Lipinski definition) is 4. The van der Waals surface area contributed by atoms with Gasteiger partial charge in [-0.1, -0.05) is 11.6 Å². The molecule has 1 aliphatic rings. The maximum Gasteiger partial charge on any atom is 0.159 e. The normalized spacial score (nSPS) is 14.3. The number of nitrogen functional groups attached to an aromatic ring is 1. The van der Waals surface area contributed by atoms with Crippen molar-refractivity contribution in [3.63, 3.8) is 0 Å². The SMILES string of the molecule is Cc1ccc2[nH]cc(CN3CCc4cnc(-c5ccc(N)cc5)nc4C3)c2c1. The highest BCUT2D eigenvalue weighted by Crippen LogP contribution is 2.25. The summed E-state index contributed by atoms with van der Waals surface area (Å²) in [4.78, 5) is 15.3. The van der Waals surface area contributed by atoms with Crippen molar-refractivity contribution in [3.05, 3.63) is 77.2 Å². The van der Waals surface area contributed by atoms with E-state index in [0.717, 1.165) is 48.8 Å². The number of fused-ring (bicyclic) bond motifs is 2. The van der Waals surface area contributed by atoms with E-state index >= 15 is 0 Å². The molecule has 0 aliphatic carbocycles. The number of nitrogens with one attached hydrogen (secondary N) is 1. The second kappa shape index (κ2) is 6.77. The summed E-state index contributed by atoms with van der Waals surface area (Å²) in [5.41, 5.74) is 13.8. The van der Waals surface area contributed by atoms with Crippen LogP contribution in [0.3, 0.4) is 0 Å². The minimum absolute atomic E-state index is 0.752. The second-order valence-corrected chi connectivity index (χ2v) is 7.61. The van der Waals surface area contributed by atoms with Crippen LogP contribution in [-0.2, 0) is 19.5 Å². The molecule has 3 heterocycles. The Labute approximate surface area is 164 Å². The first-order valence-corrected chi connectivity index (χ1v) is 9.65. The third-order valence-electron chi connectivity index (χ3n) is 5.51. The molecule has 0 fully saturated rings. The number of H-pyrrole nitrogens is 1. The predicted molar refractivity (Wildman–Crippen MR) is 113 cm³/mol. The maximum atomic E-state index is 5.80. The summed E-state index contributed by atoms with van der Waals surface area (Å²) in [6, 6.07) is 14.3. The molecule has 5 heteroatoms. The Kier molecular flexibility index (Phi) is 4.10. The number of benzene rings is 2. The molecule has 0 amide bonds. The highest BCUT2D eigenvalue weighted by atomic mass is 15.1. The lowest BCUT2D eigenvalue weighted by molar-refractivity contribution is 0.242. The first kappa shape index (κ1) is 17.0. The fourth-order valence-corrected chi connectivity index (χ4v) is 3.93. The maximum absolute atomic E-state index is 5.80. The average Bonchev–Trinajstić information content (AvgIpc) is 3.10. The molecule has 1 aliphatic heterocycles. The standard InChI is InChI=1S/C23H23N5/c1-15-2-7-21-20(10-15)18(12-25-21)13-28-9-8-17-11-26-23(27-22(17)14-28)16-3-5-19(24)6-4-16/h2-7,10-12,25H,8-9,13-14,24H2,1H3. The van der Waals surface area contributed by atoms with E-state index in [1.165, 1.54) is 27.6 Å². The van der Waals surface area contributed by atoms with Gasteiger partial charge in [0.25, 0.3) is 0 Å². The van der Waals surface area contributed by atoms with Crippen LogP contribution >= 0.6 is 0 Å². The number of hydrogen-bond donors (Lipinski definition) is 2. The molecule has 140 valence electrons. The number of aromatic nitrogens is 3. The second-order valence-electron chi connectivity index (χ2n) is 7.61. The molecular weight excluding hydrogens is 346 g/mol. The highest BCUT2D eigenvalue weighted by Gasteiger charge is 2.20. The molecule has 2 aromatic heterocycles. The Balaban J connectivity index is 1.40. The van der Waals surface area contributed by atoms with E-state index in [1.54, 1.807) is 0 Å². The van der Waals surface area contributed by atoms with Crippen LogP contribution in [0.2, 0.25) is 0 Å². The summed E-state index contributed by atoms with van der Waals surface area (Å²) in [5.74, 6) is 0.767. The topological polar surface area (TPSA) is 70.8 Å². The zero-order chi connectivity index (χ0) is 19.1. The minimum atomic E-state index is 0.752. The number of aryl methyl sites for hydroxylation is 1. The zero-order valence-corrected chi connectivity index (χ0v) is 15.9. The number of aromatic amines is 1. The lowest BCUT2D eigenvalue weighted by atomic mass is 10.0. The van der Waals surface area contributed by atoms with Gasteiger partial charge in [0.15, 0.2) is 5.82 Å². The molecule has 0 bridgehead atoms. The fourth-order valence-electron chi connectivity index (χ4n) is 3.93. The Hall–Kier alpha value is -3.18. The van der Waals surface area contributed by atoms with Gasteiger partial charge < -0.3 is 10.7 Å². The minimum Gasteiger partial charge on any atom is -0.399 e. The van der Waals surface area contributed by atoms with Gasteiger partial charge in [-0.15, -0.1) is 0 Å². The van der Waals surface area contributed by atoms with E-state index in [4.69, 9.17) is 10.7 Å². The first-order chi connectivity index (χ1) is 13.7. The molecule has 0 radical (unpaired) electrons. The van der Waals surface area contributed by atoms with Gasteiger partial charge in [-0.2, -0.15) is 0 Å². The van der Waals surface area contributed by atoms with Crippen LogP contribution in [0.4, 0.5) is 5.69 Å². The largest absolute Gasteiger partial charge is 0.399 e. The molecular formula is C23H23N5. The van der Waals surface area contributed by atoms with Gasteiger partial charge in [0.2, 0.25) is 0 Å². The lowest BCUT2D eigenvalue weighted by Gasteiger charge is -2.27. The van der Waals surface area contributed by atoms with Crippen molar-refractivity contribution < 1.29 is 0 Å². The molecule has 4 aromatic rings. The van der Waals surface area contributed by atoms with Crippen molar-refractivity contribution in [2.75, 3.05) is 12.3 Å². The van der Waals surface area contributed by atoms with E-state index in [0.29, 0.717) is 0 Å². The van der Waals surface area contributed by atoms with Crippen molar-refractivity contribution in [3.8, 4) is 11.4 Å². The van der Waals surface area contributed by atoms with Crippen LogP contribution in [0.25, 0.3) is 22.3 Å². The molecule has 0 saturated heterocycles. The summed E-state index contributed by atoms with van der Waals surface area (Å²) >= 11 is 0. The van der Waals surface area contributed by atoms with Crippen LogP contribution in [-0.4, -0.2) is 26.4 Å². The number of nitrogens with zero attached hydrogens (tertiary/aromatic N) is 3. The van der Waals surface area contributed by atoms with Crippen molar-refractivity contribution in [2.24, 2.45) is 0 Å². The molecule has 0 spiro atoms. The number of anilines is 1. The molecule has 5 rings (SSSR count). The van der Waals surface area contributed by atoms with Crippen LogP contribution in [0.15, 0.2) is 54.9 Å². The van der Waals surface area contributed by atoms with Crippen molar-refractivity contribution in [1.29, 1.82) is 0 Å². The first-order valence-electron chi connectivity index (χ1n) is 9.65. The molecule has 2 aromatic carbocycles. The summed E-state index contributed by atoms with van der Waals surface area (Å²) in [6.07, 6.45) is 5.11. The van der Waals surface area contributed by atoms with E-state index in [-0.39, 0.29) is 0 Å².